The van der Waals surface area contributed by atoms with Crippen molar-refractivity contribution in [1.29, 1.82) is 0 Å². The van der Waals surface area contributed by atoms with Crippen LogP contribution in [-0.2, 0) is 19.4 Å². The van der Waals surface area contributed by atoms with Crippen LogP contribution in [0.4, 0.5) is 4.39 Å². The average Bonchev–Trinajstić information content (AvgIpc) is 2.77. The molecule has 1 N–H and O–H groups in total. The minimum Gasteiger partial charge on any atom is -0.311 e. The number of fused-ring (bicyclic) bond motifs is 1. The zero-order valence-electron chi connectivity index (χ0n) is 11.3. The second-order valence-electron chi connectivity index (χ2n) is 4.94. The summed E-state index contributed by atoms with van der Waals surface area (Å²) in [4.78, 5) is 4.66. The third-order valence-electron chi connectivity index (χ3n) is 3.68. The molecule has 0 aliphatic carbocycles. The van der Waals surface area contributed by atoms with Gasteiger partial charge in [0.1, 0.15) is 11.6 Å². The number of hydrogen-bond donors (Lipinski definition) is 1. The maximum atomic E-state index is 14.2. The van der Waals surface area contributed by atoms with E-state index in [-0.39, 0.29) is 5.82 Å². The van der Waals surface area contributed by atoms with E-state index in [1.807, 2.05) is 17.6 Å². The van der Waals surface area contributed by atoms with E-state index in [0.717, 1.165) is 48.7 Å². The normalized spacial score (nSPS) is 14.5. The Hall–Kier alpha value is -1.68. The quantitative estimate of drug-likeness (QED) is 0.898. The highest BCUT2D eigenvalue weighted by Crippen LogP contribution is 2.26. The van der Waals surface area contributed by atoms with Crippen LogP contribution >= 0.6 is 0 Å². The lowest BCUT2D eigenvalue weighted by Gasteiger charge is -2.18. The smallest absolute Gasteiger partial charge is 0.147 e. The lowest BCUT2D eigenvalue weighted by molar-refractivity contribution is 0.597. The number of para-hydroxylation sites is 1. The SMILES string of the molecule is CCc1nc2c(n1-c1c(C)cccc1F)CCNC2. The number of hydrogen-bond acceptors (Lipinski definition) is 2. The third-order valence-corrected chi connectivity index (χ3v) is 3.68. The summed E-state index contributed by atoms with van der Waals surface area (Å²) in [5.74, 6) is 0.773. The highest BCUT2D eigenvalue weighted by atomic mass is 19.1. The molecule has 3 rings (SSSR count). The van der Waals surface area contributed by atoms with Crippen LogP contribution in [0.3, 0.4) is 0 Å². The number of benzene rings is 1. The van der Waals surface area contributed by atoms with E-state index in [9.17, 15) is 4.39 Å². The molecule has 4 heteroatoms. The molecule has 2 aromatic rings. The maximum absolute atomic E-state index is 14.2. The molecule has 1 aromatic carbocycles. The van der Waals surface area contributed by atoms with E-state index in [4.69, 9.17) is 0 Å². The second-order valence-corrected chi connectivity index (χ2v) is 4.94. The van der Waals surface area contributed by atoms with E-state index in [2.05, 4.69) is 17.2 Å². The number of imidazole rings is 1. The highest BCUT2D eigenvalue weighted by Gasteiger charge is 2.22. The summed E-state index contributed by atoms with van der Waals surface area (Å²) in [5.41, 5.74) is 3.83. The second kappa shape index (κ2) is 4.78. The van der Waals surface area contributed by atoms with Crippen LogP contribution in [-0.4, -0.2) is 16.1 Å². The zero-order chi connectivity index (χ0) is 13.4. The average molecular weight is 259 g/mol. The molecule has 0 amide bonds. The first kappa shape index (κ1) is 12.4. The molecule has 1 aliphatic rings. The van der Waals surface area contributed by atoms with Crippen LogP contribution in [0.2, 0.25) is 0 Å². The van der Waals surface area contributed by atoms with Crippen molar-refractivity contribution in [3.05, 3.63) is 46.8 Å². The lowest BCUT2D eigenvalue weighted by Crippen LogP contribution is -2.25. The fourth-order valence-corrected chi connectivity index (χ4v) is 2.77. The fourth-order valence-electron chi connectivity index (χ4n) is 2.77. The predicted octanol–water partition coefficient (Wildman–Crippen LogP) is 2.53. The Morgan fingerprint density at radius 1 is 1.42 bits per heavy atom. The molecule has 0 saturated carbocycles. The van der Waals surface area contributed by atoms with Crippen LogP contribution in [0.5, 0.6) is 0 Å². The first-order valence-corrected chi connectivity index (χ1v) is 6.78. The zero-order valence-corrected chi connectivity index (χ0v) is 11.3. The fraction of sp³-hybridized carbons (Fsp3) is 0.400. The number of aryl methyl sites for hydroxylation is 2. The summed E-state index contributed by atoms with van der Waals surface area (Å²) in [6.45, 7) is 5.72. The largest absolute Gasteiger partial charge is 0.311 e. The number of rotatable bonds is 2. The van der Waals surface area contributed by atoms with E-state index in [1.54, 1.807) is 6.07 Å². The molecule has 0 saturated heterocycles. The van der Waals surface area contributed by atoms with Crippen LogP contribution < -0.4 is 5.32 Å². The highest BCUT2D eigenvalue weighted by molar-refractivity contribution is 5.45. The molecule has 1 aromatic heterocycles. The van der Waals surface area contributed by atoms with Crippen molar-refractivity contribution in [2.24, 2.45) is 0 Å². The molecule has 2 heterocycles. The Kier molecular flexibility index (Phi) is 3.11. The van der Waals surface area contributed by atoms with Crippen LogP contribution in [0.25, 0.3) is 5.69 Å². The lowest BCUT2D eigenvalue weighted by atomic mass is 10.1. The molecule has 100 valence electrons. The van der Waals surface area contributed by atoms with Gasteiger partial charge in [-0.15, -0.1) is 0 Å². The predicted molar refractivity (Wildman–Crippen MR) is 73.0 cm³/mol. The molecule has 0 unspecified atom stereocenters. The topological polar surface area (TPSA) is 29.9 Å². The van der Waals surface area contributed by atoms with Gasteiger partial charge in [0.05, 0.1) is 11.4 Å². The summed E-state index contributed by atoms with van der Waals surface area (Å²) >= 11 is 0. The van der Waals surface area contributed by atoms with Gasteiger partial charge in [-0.2, -0.15) is 0 Å². The van der Waals surface area contributed by atoms with E-state index < -0.39 is 0 Å². The Labute approximate surface area is 112 Å². The summed E-state index contributed by atoms with van der Waals surface area (Å²) < 4.78 is 16.3. The minimum absolute atomic E-state index is 0.173. The van der Waals surface area contributed by atoms with E-state index >= 15 is 0 Å². The van der Waals surface area contributed by atoms with Crippen LogP contribution in [0.15, 0.2) is 18.2 Å². The first-order valence-electron chi connectivity index (χ1n) is 6.78. The van der Waals surface area contributed by atoms with Crippen molar-refractivity contribution in [2.45, 2.75) is 33.2 Å². The monoisotopic (exact) mass is 259 g/mol. The van der Waals surface area contributed by atoms with Gasteiger partial charge in [0.2, 0.25) is 0 Å². The molecule has 19 heavy (non-hydrogen) atoms. The van der Waals surface area contributed by atoms with Gasteiger partial charge in [0.25, 0.3) is 0 Å². The summed E-state index contributed by atoms with van der Waals surface area (Å²) in [5, 5.41) is 3.32. The van der Waals surface area contributed by atoms with Gasteiger partial charge in [-0.25, -0.2) is 9.37 Å². The summed E-state index contributed by atoms with van der Waals surface area (Å²) in [6.07, 6.45) is 1.71. The molecule has 0 radical (unpaired) electrons. The minimum atomic E-state index is -0.173. The van der Waals surface area contributed by atoms with Gasteiger partial charge in [0, 0.05) is 31.6 Å². The molecule has 0 bridgehead atoms. The van der Waals surface area contributed by atoms with Gasteiger partial charge < -0.3 is 5.32 Å². The van der Waals surface area contributed by atoms with Gasteiger partial charge in [-0.3, -0.25) is 4.57 Å². The van der Waals surface area contributed by atoms with Crippen molar-refractivity contribution < 1.29 is 4.39 Å². The van der Waals surface area contributed by atoms with Gasteiger partial charge in [-0.1, -0.05) is 19.1 Å². The van der Waals surface area contributed by atoms with Crippen molar-refractivity contribution in [2.75, 3.05) is 6.54 Å². The Morgan fingerprint density at radius 3 is 3.00 bits per heavy atom. The molecular formula is C15H18FN3. The Balaban J connectivity index is 2.27. The van der Waals surface area contributed by atoms with Crippen LogP contribution in [0, 0.1) is 12.7 Å². The Morgan fingerprint density at radius 2 is 2.26 bits per heavy atom. The molecule has 1 aliphatic heterocycles. The number of halogens is 1. The molecular weight excluding hydrogens is 241 g/mol. The van der Waals surface area contributed by atoms with Crippen molar-refractivity contribution >= 4 is 0 Å². The molecule has 0 spiro atoms. The molecule has 0 atom stereocenters. The molecule has 0 fully saturated rings. The van der Waals surface area contributed by atoms with Crippen molar-refractivity contribution in [3.8, 4) is 5.69 Å². The van der Waals surface area contributed by atoms with Gasteiger partial charge in [0.15, 0.2) is 0 Å². The van der Waals surface area contributed by atoms with Gasteiger partial charge >= 0.3 is 0 Å². The van der Waals surface area contributed by atoms with Crippen LogP contribution in [0.1, 0.15) is 29.7 Å². The summed E-state index contributed by atoms with van der Waals surface area (Å²) in [6, 6.07) is 5.23. The van der Waals surface area contributed by atoms with E-state index in [0.29, 0.717) is 5.69 Å². The molecule has 3 nitrogen and oxygen atoms in total. The maximum Gasteiger partial charge on any atom is 0.147 e. The standard InChI is InChI=1S/C15H18FN3/c1-3-14-18-12-9-17-8-7-13(12)19(14)15-10(2)5-4-6-11(15)16/h4-6,17H,3,7-9H2,1-2H3. The third kappa shape index (κ3) is 1.96. The van der Waals surface area contributed by atoms with Crippen molar-refractivity contribution in [1.82, 2.24) is 14.9 Å². The summed E-state index contributed by atoms with van der Waals surface area (Å²) in [7, 11) is 0. The number of nitrogens with zero attached hydrogens (tertiary/aromatic N) is 2. The number of aromatic nitrogens is 2. The first-order chi connectivity index (χ1) is 9.22. The Bertz CT molecular complexity index is 596. The van der Waals surface area contributed by atoms with Crippen molar-refractivity contribution in [3.63, 3.8) is 0 Å². The van der Waals surface area contributed by atoms with Gasteiger partial charge in [-0.05, 0) is 18.6 Å². The number of nitrogens with one attached hydrogen (secondary N) is 1. The van der Waals surface area contributed by atoms with E-state index in [1.165, 1.54) is 6.07 Å².